The van der Waals surface area contributed by atoms with Crippen molar-refractivity contribution in [2.45, 2.75) is 13.8 Å². The standard InChI is InChI=1S/C27H27ClN6O2.C26H25ClN6O2.ClH/c1-17-14-24-25(16-21(17)22-15-20(36-3)8-9-23(22)28)31-32-27(30-24)29-19-6-4-18(5-7-19)26(35)34-12-10-33(2)11-13-34;1-16-13-23-24(15-20(16)21-14-19(34)7-8-22(21)27)30-31-26(29-23)28-18-5-3-17(4-6-18)25(35)33-11-9-32(2)10-12-33;/h4-9,14-16H,10-13H2,1-3H3,(H,29,30,32);3-8,13-15,34H,9-12H2,1-2H3,(H,28,29,31);1H. The molecule has 0 radical (unpaired) electrons. The summed E-state index contributed by atoms with van der Waals surface area (Å²) >= 11 is 12.8. The molecule has 2 aromatic heterocycles. The number of rotatable bonds is 9. The van der Waals surface area contributed by atoms with Gasteiger partial charge in [0, 0.05) is 96.0 Å². The van der Waals surface area contributed by atoms with E-state index in [0.717, 1.165) is 108 Å². The molecule has 10 rings (SSSR count). The van der Waals surface area contributed by atoms with Crippen molar-refractivity contribution in [3.05, 3.63) is 141 Å². The first-order chi connectivity index (χ1) is 34.3. The number of aromatic hydroxyl groups is 1. The van der Waals surface area contributed by atoms with Crippen LogP contribution in [0, 0.1) is 13.8 Å². The number of nitrogens with zero attached hydrogens (tertiary/aromatic N) is 10. The maximum atomic E-state index is 12.8. The second kappa shape index (κ2) is 22.5. The predicted molar refractivity (Wildman–Crippen MR) is 287 cm³/mol. The SMILES string of the molecule is COc1ccc(Cl)c(-c2cc3nnc(Nc4ccc(C(=O)N5CCN(C)CC5)cc4)nc3cc2C)c1.Cc1cc2nc(Nc3ccc(C(=O)N4CCN(C)CC4)cc3)nnc2cc1-c1cc(O)ccc1Cl.Cl. The van der Waals surface area contributed by atoms with Gasteiger partial charge in [-0.2, -0.15) is 0 Å². The molecule has 19 heteroatoms. The molecule has 4 heterocycles. The zero-order valence-corrected chi connectivity index (χ0v) is 42.7. The smallest absolute Gasteiger partial charge is 0.253 e. The molecule has 16 nitrogen and oxygen atoms in total. The molecule has 72 heavy (non-hydrogen) atoms. The van der Waals surface area contributed by atoms with Gasteiger partial charge in [0.1, 0.15) is 22.5 Å². The first kappa shape index (κ1) is 51.2. The molecule has 0 spiro atoms. The topological polar surface area (TPSA) is 178 Å². The predicted octanol–water partition coefficient (Wildman–Crippen LogP) is 9.71. The molecule has 3 N–H and O–H groups in total. The molecule has 2 fully saturated rings. The number of phenolic OH excluding ortho intramolecular Hbond substituents is 1. The molecule has 2 aliphatic rings. The summed E-state index contributed by atoms with van der Waals surface area (Å²) in [6, 6.07) is 32.8. The lowest BCUT2D eigenvalue weighted by molar-refractivity contribution is 0.0657. The second-order valence-electron chi connectivity index (χ2n) is 17.7. The third-order valence-electron chi connectivity index (χ3n) is 12.7. The minimum atomic E-state index is 0. The van der Waals surface area contributed by atoms with Gasteiger partial charge >= 0.3 is 0 Å². The molecule has 6 aromatic carbocycles. The van der Waals surface area contributed by atoms with E-state index in [2.05, 4.69) is 64.9 Å². The highest BCUT2D eigenvalue weighted by Crippen LogP contribution is 2.36. The molecular formula is C53H53Cl3N12O4. The van der Waals surface area contributed by atoms with Gasteiger partial charge in [-0.05, 0) is 159 Å². The number of benzene rings is 6. The lowest BCUT2D eigenvalue weighted by Crippen LogP contribution is -2.47. The number of hydrogen-bond acceptors (Lipinski definition) is 14. The highest BCUT2D eigenvalue weighted by atomic mass is 35.5. The second-order valence-corrected chi connectivity index (χ2v) is 18.5. The summed E-state index contributed by atoms with van der Waals surface area (Å²) < 4.78 is 5.36. The van der Waals surface area contributed by atoms with Crippen molar-refractivity contribution < 1.29 is 19.4 Å². The van der Waals surface area contributed by atoms with Crippen molar-refractivity contribution in [2.75, 3.05) is 84.2 Å². The Morgan fingerprint density at radius 2 is 0.944 bits per heavy atom. The Hall–Kier alpha value is -7.21. The van der Waals surface area contributed by atoms with Gasteiger partial charge < -0.3 is 40.1 Å². The number of aromatic nitrogens is 6. The minimum Gasteiger partial charge on any atom is -0.508 e. The van der Waals surface area contributed by atoms with Crippen LogP contribution in [0.2, 0.25) is 10.0 Å². The van der Waals surface area contributed by atoms with Crippen LogP contribution in [-0.4, -0.2) is 140 Å². The van der Waals surface area contributed by atoms with E-state index in [1.165, 1.54) is 0 Å². The number of likely N-dealkylation sites (N-methyl/N-ethyl adjacent to an activating group) is 2. The number of fused-ring (bicyclic) bond motifs is 2. The van der Waals surface area contributed by atoms with Gasteiger partial charge in [-0.3, -0.25) is 9.59 Å². The average molecular weight is 1030 g/mol. The number of carbonyl (C=O) groups is 2. The monoisotopic (exact) mass is 1030 g/mol. The first-order valence-electron chi connectivity index (χ1n) is 23.1. The molecule has 8 aromatic rings. The van der Waals surface area contributed by atoms with E-state index in [4.69, 9.17) is 27.9 Å². The van der Waals surface area contributed by atoms with E-state index >= 15 is 0 Å². The van der Waals surface area contributed by atoms with Crippen molar-refractivity contribution in [1.29, 1.82) is 0 Å². The number of piperazine rings is 2. The number of aryl methyl sites for hydroxylation is 2. The summed E-state index contributed by atoms with van der Waals surface area (Å²) in [6.45, 7) is 10.5. The summed E-state index contributed by atoms with van der Waals surface area (Å²) in [7, 11) is 5.77. The summed E-state index contributed by atoms with van der Waals surface area (Å²) in [5.41, 5.74) is 10.9. The molecular weight excluding hydrogens is 975 g/mol. The molecule has 2 saturated heterocycles. The van der Waals surface area contributed by atoms with Crippen LogP contribution in [-0.2, 0) is 0 Å². The number of anilines is 4. The van der Waals surface area contributed by atoms with E-state index in [1.54, 1.807) is 25.3 Å². The first-order valence-corrected chi connectivity index (χ1v) is 23.9. The van der Waals surface area contributed by atoms with Gasteiger partial charge in [-0.25, -0.2) is 9.97 Å². The number of nitrogens with one attached hydrogen (secondary N) is 2. The van der Waals surface area contributed by atoms with E-state index in [-0.39, 0.29) is 30.0 Å². The molecule has 0 atom stereocenters. The van der Waals surface area contributed by atoms with Gasteiger partial charge in [-0.15, -0.1) is 32.8 Å². The van der Waals surface area contributed by atoms with Crippen LogP contribution >= 0.6 is 35.6 Å². The molecule has 2 aliphatic heterocycles. The summed E-state index contributed by atoms with van der Waals surface area (Å²) in [5.74, 6) is 1.72. The lowest BCUT2D eigenvalue weighted by atomic mass is 9.99. The number of methoxy groups -OCH3 is 1. The Bertz CT molecular complexity index is 3260. The maximum Gasteiger partial charge on any atom is 0.253 e. The average Bonchev–Trinajstić information content (AvgIpc) is 3.37. The molecule has 0 saturated carbocycles. The number of halogens is 3. The van der Waals surface area contributed by atoms with Crippen LogP contribution in [0.5, 0.6) is 11.5 Å². The van der Waals surface area contributed by atoms with Gasteiger partial charge in [0.25, 0.3) is 11.8 Å². The summed E-state index contributed by atoms with van der Waals surface area (Å²) in [6.07, 6.45) is 0. The Labute approximate surface area is 433 Å². The number of hydrogen-bond donors (Lipinski definition) is 3. The number of carbonyl (C=O) groups excluding carboxylic acids is 2. The molecule has 370 valence electrons. The molecule has 0 unspecified atom stereocenters. The van der Waals surface area contributed by atoms with Crippen LogP contribution < -0.4 is 15.4 Å². The maximum absolute atomic E-state index is 12.8. The fourth-order valence-electron chi connectivity index (χ4n) is 8.46. The quantitative estimate of drug-likeness (QED) is 0.124. The number of ether oxygens (including phenoxy) is 1. The van der Waals surface area contributed by atoms with Gasteiger partial charge in [0.15, 0.2) is 0 Å². The number of amides is 2. The van der Waals surface area contributed by atoms with Crippen LogP contribution in [0.3, 0.4) is 0 Å². The largest absolute Gasteiger partial charge is 0.508 e. The Balaban J connectivity index is 0.000000190. The van der Waals surface area contributed by atoms with Crippen molar-refractivity contribution in [3.8, 4) is 33.8 Å². The van der Waals surface area contributed by atoms with Gasteiger partial charge in [0.05, 0.1) is 18.1 Å². The zero-order valence-electron chi connectivity index (χ0n) is 40.4. The van der Waals surface area contributed by atoms with Crippen molar-refractivity contribution >= 4 is 92.8 Å². The minimum absolute atomic E-state index is 0. The van der Waals surface area contributed by atoms with Gasteiger partial charge in [-0.1, -0.05) is 23.2 Å². The lowest BCUT2D eigenvalue weighted by Gasteiger charge is -2.32. The summed E-state index contributed by atoms with van der Waals surface area (Å²) in [5, 5.41) is 34.5. The fourth-order valence-corrected chi connectivity index (χ4v) is 8.89. The van der Waals surface area contributed by atoms with Crippen LogP contribution in [0.25, 0.3) is 44.3 Å². The van der Waals surface area contributed by atoms with E-state index in [0.29, 0.717) is 49.6 Å². The molecule has 0 bridgehead atoms. The third kappa shape index (κ3) is 11.8. The highest BCUT2D eigenvalue weighted by molar-refractivity contribution is 6.34. The van der Waals surface area contributed by atoms with E-state index < -0.39 is 0 Å². The van der Waals surface area contributed by atoms with Crippen LogP contribution in [0.1, 0.15) is 31.8 Å². The fraction of sp³-hybridized carbons (Fsp3) is 0.245. The third-order valence-corrected chi connectivity index (χ3v) is 13.3. The molecule has 0 aliphatic carbocycles. The van der Waals surface area contributed by atoms with Crippen molar-refractivity contribution in [3.63, 3.8) is 0 Å². The van der Waals surface area contributed by atoms with Gasteiger partial charge in [0.2, 0.25) is 11.9 Å². The summed E-state index contributed by atoms with van der Waals surface area (Å²) in [4.78, 5) is 43.0. The number of phenols is 1. The van der Waals surface area contributed by atoms with Crippen molar-refractivity contribution in [1.82, 2.24) is 50.0 Å². The normalized spacial score (nSPS) is 14.0. The Kier molecular flexibility index (Phi) is 16.0. The van der Waals surface area contributed by atoms with Crippen molar-refractivity contribution in [2.24, 2.45) is 0 Å². The van der Waals surface area contributed by atoms with Crippen LogP contribution in [0.4, 0.5) is 23.3 Å². The van der Waals surface area contributed by atoms with Crippen LogP contribution in [0.15, 0.2) is 109 Å². The van der Waals surface area contributed by atoms with E-state index in [9.17, 15) is 14.7 Å². The molecule has 2 amide bonds. The Morgan fingerprint density at radius 1 is 0.528 bits per heavy atom. The zero-order chi connectivity index (χ0) is 49.8. The Morgan fingerprint density at radius 3 is 1.38 bits per heavy atom. The highest BCUT2D eigenvalue weighted by Gasteiger charge is 2.22. The van der Waals surface area contributed by atoms with E-state index in [1.807, 2.05) is 115 Å².